The smallest absolute Gasteiger partial charge is 0.248 e. The number of hydrogen-bond acceptors (Lipinski definition) is 3. The molecule has 1 heterocycles. The molecule has 4 atom stereocenters. The van der Waals surface area contributed by atoms with Gasteiger partial charge in [0.1, 0.15) is 6.61 Å². The summed E-state index contributed by atoms with van der Waals surface area (Å²) in [6.07, 6.45) is 0.931. The summed E-state index contributed by atoms with van der Waals surface area (Å²) in [5.41, 5.74) is 0.518. The van der Waals surface area contributed by atoms with Crippen LogP contribution in [0.15, 0.2) is 30.3 Å². The predicted octanol–water partition coefficient (Wildman–Crippen LogP) is 3.16. The maximum Gasteiger partial charge on any atom is 0.248 e. The number of nitrogens with one attached hydrogen (secondary N) is 1. The molecule has 26 heavy (non-hydrogen) atoms. The summed E-state index contributed by atoms with van der Waals surface area (Å²) in [4.78, 5) is 11.5. The molecule has 4 rings (SSSR count). The minimum absolute atomic E-state index is 0.00498. The van der Waals surface area contributed by atoms with E-state index in [1.54, 1.807) is 0 Å². The highest BCUT2D eigenvalue weighted by molar-refractivity contribution is 5.78. The van der Waals surface area contributed by atoms with E-state index in [1.165, 1.54) is 0 Å². The van der Waals surface area contributed by atoms with Gasteiger partial charge in [0.25, 0.3) is 0 Å². The van der Waals surface area contributed by atoms with Crippen LogP contribution in [0.2, 0.25) is 0 Å². The van der Waals surface area contributed by atoms with Crippen molar-refractivity contribution in [1.82, 2.24) is 5.32 Å². The first-order valence-corrected chi connectivity index (χ1v) is 9.38. The number of morpholine rings is 1. The third kappa shape index (κ3) is 3.49. The number of alkyl halides is 2. The van der Waals surface area contributed by atoms with Gasteiger partial charge in [-0.3, -0.25) is 4.79 Å². The molecule has 3 aliphatic rings. The molecule has 1 amide bonds. The van der Waals surface area contributed by atoms with Crippen molar-refractivity contribution in [3.05, 3.63) is 35.9 Å². The van der Waals surface area contributed by atoms with Crippen LogP contribution in [0.4, 0.5) is 8.78 Å². The molecule has 1 saturated heterocycles. The maximum absolute atomic E-state index is 13.9. The average molecular weight is 365 g/mol. The number of fused-ring (bicyclic) bond motifs is 1. The van der Waals surface area contributed by atoms with Crippen LogP contribution < -0.4 is 5.32 Å². The van der Waals surface area contributed by atoms with E-state index in [0.717, 1.165) is 5.56 Å². The Bertz CT molecular complexity index is 642. The predicted molar refractivity (Wildman–Crippen MR) is 91.7 cm³/mol. The summed E-state index contributed by atoms with van der Waals surface area (Å²) in [6.45, 7) is 1.36. The molecule has 0 radical (unpaired) electrons. The number of ether oxygens (including phenoxy) is 2. The Morgan fingerprint density at radius 3 is 2.77 bits per heavy atom. The molecule has 2 aliphatic carbocycles. The molecule has 1 spiro atoms. The Balaban J connectivity index is 1.48. The Morgan fingerprint density at radius 1 is 1.23 bits per heavy atom. The van der Waals surface area contributed by atoms with E-state index < -0.39 is 11.5 Å². The second kappa shape index (κ2) is 6.89. The number of carbonyl (C=O) groups is 1. The molecule has 1 unspecified atom stereocenters. The first-order valence-electron chi connectivity index (χ1n) is 9.38. The first-order chi connectivity index (χ1) is 12.5. The Morgan fingerprint density at radius 2 is 2.04 bits per heavy atom. The molecule has 4 nitrogen and oxygen atoms in total. The lowest BCUT2D eigenvalue weighted by Crippen LogP contribution is -2.56. The highest BCUT2D eigenvalue weighted by Gasteiger charge is 2.59. The van der Waals surface area contributed by atoms with Gasteiger partial charge in [-0.1, -0.05) is 30.3 Å². The zero-order chi connectivity index (χ0) is 18.2. The van der Waals surface area contributed by atoms with Gasteiger partial charge in [-0.25, -0.2) is 8.78 Å². The van der Waals surface area contributed by atoms with Crippen LogP contribution in [0, 0.1) is 17.8 Å². The van der Waals surface area contributed by atoms with E-state index in [0.29, 0.717) is 32.6 Å². The summed E-state index contributed by atoms with van der Waals surface area (Å²) in [5.74, 6) is -2.59. The van der Waals surface area contributed by atoms with Crippen molar-refractivity contribution in [3.8, 4) is 0 Å². The van der Waals surface area contributed by atoms with Gasteiger partial charge >= 0.3 is 0 Å². The molecule has 0 bridgehead atoms. The average Bonchev–Trinajstić information content (AvgIpc) is 2.90. The maximum atomic E-state index is 13.9. The fraction of sp³-hybridized carbons (Fsp3) is 0.650. The van der Waals surface area contributed by atoms with E-state index >= 15 is 0 Å². The van der Waals surface area contributed by atoms with Crippen LogP contribution in [0.5, 0.6) is 0 Å². The highest BCUT2D eigenvalue weighted by atomic mass is 19.3. The van der Waals surface area contributed by atoms with Gasteiger partial charge in [0.05, 0.1) is 18.8 Å². The molecule has 142 valence electrons. The lowest BCUT2D eigenvalue weighted by atomic mass is 9.76. The zero-order valence-corrected chi connectivity index (χ0v) is 14.8. The third-order valence-corrected chi connectivity index (χ3v) is 6.29. The van der Waals surface area contributed by atoms with Crippen LogP contribution in [-0.4, -0.2) is 37.2 Å². The fourth-order valence-corrected chi connectivity index (χ4v) is 5.07. The number of hydrogen-bond donors (Lipinski definition) is 1. The second-order valence-corrected chi connectivity index (χ2v) is 7.96. The minimum atomic E-state index is -2.58. The molecule has 1 aromatic rings. The number of halogens is 2. The number of benzene rings is 1. The molecule has 1 aliphatic heterocycles. The van der Waals surface area contributed by atoms with Crippen LogP contribution in [0.3, 0.4) is 0 Å². The van der Waals surface area contributed by atoms with Gasteiger partial charge in [0.15, 0.2) is 0 Å². The molecule has 6 heteroatoms. The van der Waals surface area contributed by atoms with Crippen molar-refractivity contribution in [2.24, 2.45) is 17.8 Å². The second-order valence-electron chi connectivity index (χ2n) is 7.96. The summed E-state index contributed by atoms with van der Waals surface area (Å²) in [5, 5.41) is 2.88. The topological polar surface area (TPSA) is 47.6 Å². The van der Waals surface area contributed by atoms with E-state index in [2.05, 4.69) is 5.32 Å². The Hall–Kier alpha value is -1.53. The Kier molecular flexibility index (Phi) is 4.73. The van der Waals surface area contributed by atoms with Crippen molar-refractivity contribution in [2.75, 3.05) is 19.8 Å². The zero-order valence-electron chi connectivity index (χ0n) is 14.8. The van der Waals surface area contributed by atoms with Crippen LogP contribution >= 0.6 is 0 Å². The molecule has 1 aromatic carbocycles. The van der Waals surface area contributed by atoms with E-state index in [9.17, 15) is 13.6 Å². The van der Waals surface area contributed by atoms with Gasteiger partial charge < -0.3 is 14.8 Å². The fourth-order valence-electron chi connectivity index (χ4n) is 5.07. The lowest BCUT2D eigenvalue weighted by Gasteiger charge is -2.40. The Labute approximate surface area is 152 Å². The quantitative estimate of drug-likeness (QED) is 0.892. The molecule has 3 fully saturated rings. The van der Waals surface area contributed by atoms with Gasteiger partial charge in [0, 0.05) is 25.3 Å². The standard InChI is InChI=1S/C20H25F2NO3/c21-20(22)7-6-16-15(9-20)8-19(13-23-18(24)12-26-19)17(16)11-25-10-14-4-2-1-3-5-14/h1-5,15-17H,6-13H2,(H,23,24)/t15-,16+,17+,19?/m0/s1. The van der Waals surface area contributed by atoms with Crippen molar-refractivity contribution in [3.63, 3.8) is 0 Å². The van der Waals surface area contributed by atoms with Gasteiger partial charge in [0.2, 0.25) is 11.8 Å². The van der Waals surface area contributed by atoms with Gasteiger partial charge in [-0.15, -0.1) is 0 Å². The van der Waals surface area contributed by atoms with E-state index in [1.807, 2.05) is 30.3 Å². The lowest BCUT2D eigenvalue weighted by molar-refractivity contribution is -0.154. The summed E-state index contributed by atoms with van der Waals surface area (Å²) < 4.78 is 39.8. The largest absolute Gasteiger partial charge is 0.376 e. The summed E-state index contributed by atoms with van der Waals surface area (Å²) >= 11 is 0. The number of amides is 1. The van der Waals surface area contributed by atoms with Crippen molar-refractivity contribution in [2.45, 2.75) is 43.8 Å². The van der Waals surface area contributed by atoms with E-state index in [4.69, 9.17) is 9.47 Å². The monoisotopic (exact) mass is 365 g/mol. The van der Waals surface area contributed by atoms with Crippen molar-refractivity contribution < 1.29 is 23.0 Å². The highest BCUT2D eigenvalue weighted by Crippen LogP contribution is 2.56. The first kappa shape index (κ1) is 17.9. The normalized spacial score (nSPS) is 35.9. The molecular weight excluding hydrogens is 340 g/mol. The van der Waals surface area contributed by atoms with E-state index in [-0.39, 0.29) is 43.1 Å². The molecule has 1 N–H and O–H groups in total. The minimum Gasteiger partial charge on any atom is -0.376 e. The van der Waals surface area contributed by atoms with Crippen molar-refractivity contribution >= 4 is 5.91 Å². The third-order valence-electron chi connectivity index (χ3n) is 6.29. The van der Waals surface area contributed by atoms with Crippen LogP contribution in [0.1, 0.15) is 31.2 Å². The number of rotatable bonds is 4. The summed E-state index contributed by atoms with van der Waals surface area (Å²) in [7, 11) is 0. The van der Waals surface area contributed by atoms with Gasteiger partial charge in [-0.05, 0) is 30.2 Å². The van der Waals surface area contributed by atoms with Crippen molar-refractivity contribution in [1.29, 1.82) is 0 Å². The van der Waals surface area contributed by atoms with Crippen LogP contribution in [0.25, 0.3) is 0 Å². The molecular formula is C20H25F2NO3. The number of carbonyl (C=O) groups excluding carboxylic acids is 1. The molecule has 2 saturated carbocycles. The van der Waals surface area contributed by atoms with Gasteiger partial charge in [-0.2, -0.15) is 0 Å². The SMILES string of the molecule is O=C1COC2(CN1)C[C@H]1CC(F)(F)CC[C@H]1[C@H]2COCc1ccccc1. The summed E-state index contributed by atoms with van der Waals surface area (Å²) in [6, 6.07) is 9.90. The van der Waals surface area contributed by atoms with Crippen LogP contribution in [-0.2, 0) is 20.9 Å². The molecule has 0 aromatic heterocycles.